The van der Waals surface area contributed by atoms with E-state index in [1.165, 1.54) is 6.26 Å². The van der Waals surface area contributed by atoms with Crippen LogP contribution in [0.1, 0.15) is 5.56 Å². The van der Waals surface area contributed by atoms with Crippen molar-refractivity contribution < 1.29 is 13.6 Å². The third-order valence-electron chi connectivity index (χ3n) is 2.96. The summed E-state index contributed by atoms with van der Waals surface area (Å²) in [5.74, 6) is 0.723. The molecule has 1 N–H and O–H groups in total. The number of furan rings is 1. The van der Waals surface area contributed by atoms with Gasteiger partial charge in [-0.3, -0.25) is 4.79 Å². The number of carbonyl (C=O) groups is 1. The van der Waals surface area contributed by atoms with Gasteiger partial charge in [0.05, 0.1) is 12.0 Å². The lowest BCUT2D eigenvalue weighted by Gasteiger charge is -2.06. The fourth-order valence-electron chi connectivity index (χ4n) is 1.81. The highest BCUT2D eigenvalue weighted by Gasteiger charge is 2.13. The van der Waals surface area contributed by atoms with Gasteiger partial charge in [-0.15, -0.1) is 10.2 Å². The van der Waals surface area contributed by atoms with E-state index in [1.54, 1.807) is 30.3 Å². The quantitative estimate of drug-likeness (QED) is 0.646. The fourth-order valence-corrected chi connectivity index (χ4v) is 2.87. The van der Waals surface area contributed by atoms with Crippen molar-refractivity contribution in [3.63, 3.8) is 0 Å². The van der Waals surface area contributed by atoms with Crippen molar-refractivity contribution in [1.29, 1.82) is 0 Å². The molecule has 9 heteroatoms. The lowest BCUT2D eigenvalue weighted by atomic mass is 10.2. The maximum atomic E-state index is 11.9. The van der Waals surface area contributed by atoms with Crippen LogP contribution in [0.3, 0.4) is 0 Å². The maximum absolute atomic E-state index is 11.9. The topological polar surface area (TPSA) is 81.2 Å². The standard InChI is InChI=1S/C15H11Cl2N3O3S/c16-10-4-3-9(11(17)6-10)7-18-13(21)8-24-15-20-19-14(23-15)12-2-1-5-22-12/h1-6H,7-8H2,(H,18,21). The van der Waals surface area contributed by atoms with Crippen molar-refractivity contribution in [2.24, 2.45) is 0 Å². The molecular formula is C15H11Cl2N3O3S. The monoisotopic (exact) mass is 383 g/mol. The van der Waals surface area contributed by atoms with Gasteiger partial charge in [0.15, 0.2) is 5.76 Å². The molecule has 0 fully saturated rings. The van der Waals surface area contributed by atoms with Crippen LogP contribution in [-0.4, -0.2) is 21.9 Å². The number of hydrogen-bond donors (Lipinski definition) is 1. The minimum atomic E-state index is -0.177. The van der Waals surface area contributed by atoms with E-state index in [0.29, 0.717) is 27.6 Å². The van der Waals surface area contributed by atoms with E-state index in [4.69, 9.17) is 32.0 Å². The highest BCUT2D eigenvalue weighted by Crippen LogP contribution is 2.23. The largest absolute Gasteiger partial charge is 0.459 e. The number of nitrogens with one attached hydrogen (secondary N) is 1. The van der Waals surface area contributed by atoms with Gasteiger partial charge >= 0.3 is 0 Å². The number of benzene rings is 1. The van der Waals surface area contributed by atoms with Gasteiger partial charge in [-0.05, 0) is 29.8 Å². The fraction of sp³-hybridized carbons (Fsp3) is 0.133. The molecular weight excluding hydrogens is 373 g/mol. The molecule has 0 saturated carbocycles. The third kappa shape index (κ3) is 4.31. The number of carbonyl (C=O) groups excluding carboxylic acids is 1. The van der Waals surface area contributed by atoms with Gasteiger partial charge in [0.25, 0.3) is 11.1 Å². The molecule has 0 aliphatic rings. The van der Waals surface area contributed by atoms with Crippen molar-refractivity contribution in [3.05, 3.63) is 52.2 Å². The molecule has 2 aromatic heterocycles. The lowest BCUT2D eigenvalue weighted by Crippen LogP contribution is -2.24. The first-order chi connectivity index (χ1) is 11.6. The van der Waals surface area contributed by atoms with E-state index < -0.39 is 0 Å². The summed E-state index contributed by atoms with van der Waals surface area (Å²) in [7, 11) is 0. The molecule has 0 unspecified atom stereocenters. The van der Waals surface area contributed by atoms with E-state index in [9.17, 15) is 4.79 Å². The minimum absolute atomic E-state index is 0.144. The van der Waals surface area contributed by atoms with Gasteiger partial charge in [0.2, 0.25) is 5.91 Å². The van der Waals surface area contributed by atoms with Crippen molar-refractivity contribution in [2.75, 3.05) is 5.75 Å². The van der Waals surface area contributed by atoms with E-state index in [1.807, 2.05) is 0 Å². The molecule has 0 aliphatic carbocycles. The Balaban J connectivity index is 1.49. The minimum Gasteiger partial charge on any atom is -0.459 e. The van der Waals surface area contributed by atoms with Crippen molar-refractivity contribution in [1.82, 2.24) is 15.5 Å². The first kappa shape index (κ1) is 16.9. The summed E-state index contributed by atoms with van der Waals surface area (Å²) in [6, 6.07) is 8.56. The molecule has 0 bridgehead atoms. The molecule has 6 nitrogen and oxygen atoms in total. The van der Waals surface area contributed by atoms with Crippen LogP contribution in [0.15, 0.2) is 50.7 Å². The van der Waals surface area contributed by atoms with Gasteiger partial charge in [-0.2, -0.15) is 0 Å². The summed E-state index contributed by atoms with van der Waals surface area (Å²) in [4.78, 5) is 11.9. The van der Waals surface area contributed by atoms with Gasteiger partial charge in [0.1, 0.15) is 0 Å². The molecule has 2 heterocycles. The average Bonchev–Trinajstić information content (AvgIpc) is 3.23. The summed E-state index contributed by atoms with van der Waals surface area (Å²) >= 11 is 13.0. The van der Waals surface area contributed by atoms with Crippen LogP contribution in [0.2, 0.25) is 10.0 Å². The maximum Gasteiger partial charge on any atom is 0.284 e. The predicted octanol–water partition coefficient (Wildman–Crippen LogP) is 4.04. The van der Waals surface area contributed by atoms with E-state index in [2.05, 4.69) is 15.5 Å². The summed E-state index contributed by atoms with van der Waals surface area (Å²) < 4.78 is 10.6. The van der Waals surface area contributed by atoms with E-state index in [-0.39, 0.29) is 17.6 Å². The molecule has 124 valence electrons. The highest BCUT2D eigenvalue weighted by atomic mass is 35.5. The number of nitrogens with zero attached hydrogens (tertiary/aromatic N) is 2. The number of amides is 1. The molecule has 0 spiro atoms. The number of thioether (sulfide) groups is 1. The molecule has 0 atom stereocenters. The SMILES string of the molecule is O=C(CSc1nnc(-c2ccco2)o1)NCc1ccc(Cl)cc1Cl. The van der Waals surface area contributed by atoms with Crippen molar-refractivity contribution in [2.45, 2.75) is 11.8 Å². The molecule has 1 amide bonds. The Labute approximate surface area is 151 Å². The zero-order valence-corrected chi connectivity index (χ0v) is 14.5. The Hall–Kier alpha value is -1.96. The second-order valence-electron chi connectivity index (χ2n) is 4.65. The van der Waals surface area contributed by atoms with Crippen LogP contribution < -0.4 is 5.32 Å². The molecule has 0 aliphatic heterocycles. The predicted molar refractivity (Wildman–Crippen MR) is 91.0 cm³/mol. The zero-order chi connectivity index (χ0) is 16.9. The lowest BCUT2D eigenvalue weighted by molar-refractivity contribution is -0.118. The van der Waals surface area contributed by atoms with Crippen LogP contribution in [0, 0.1) is 0 Å². The smallest absolute Gasteiger partial charge is 0.284 e. The van der Waals surface area contributed by atoms with Crippen LogP contribution in [0.5, 0.6) is 0 Å². The third-order valence-corrected chi connectivity index (χ3v) is 4.36. The second-order valence-corrected chi connectivity index (χ2v) is 6.42. The summed E-state index contributed by atoms with van der Waals surface area (Å²) in [6.07, 6.45) is 1.52. The Morgan fingerprint density at radius 1 is 1.25 bits per heavy atom. The Morgan fingerprint density at radius 2 is 2.12 bits per heavy atom. The van der Waals surface area contributed by atoms with Crippen molar-refractivity contribution in [3.8, 4) is 11.7 Å². The Morgan fingerprint density at radius 3 is 2.88 bits per heavy atom. The molecule has 3 aromatic rings. The van der Waals surface area contributed by atoms with Crippen LogP contribution >= 0.6 is 35.0 Å². The van der Waals surface area contributed by atoms with Gasteiger partial charge in [-0.25, -0.2) is 0 Å². The summed E-state index contributed by atoms with van der Waals surface area (Å²) in [5, 5.41) is 11.8. The summed E-state index contributed by atoms with van der Waals surface area (Å²) in [5.41, 5.74) is 0.789. The number of halogens is 2. The molecule has 3 rings (SSSR count). The average molecular weight is 384 g/mol. The number of rotatable bonds is 6. The molecule has 0 saturated heterocycles. The molecule has 24 heavy (non-hydrogen) atoms. The van der Waals surface area contributed by atoms with Crippen molar-refractivity contribution >= 4 is 40.9 Å². The summed E-state index contributed by atoms with van der Waals surface area (Å²) in [6.45, 7) is 0.316. The number of aromatic nitrogens is 2. The Kier molecular flexibility index (Phi) is 5.44. The first-order valence-corrected chi connectivity index (χ1v) is 8.57. The van der Waals surface area contributed by atoms with Gasteiger partial charge in [0, 0.05) is 16.6 Å². The normalized spacial score (nSPS) is 10.8. The van der Waals surface area contributed by atoms with Crippen LogP contribution in [-0.2, 0) is 11.3 Å². The van der Waals surface area contributed by atoms with Crippen LogP contribution in [0.25, 0.3) is 11.7 Å². The number of hydrogen-bond acceptors (Lipinski definition) is 6. The second kappa shape index (κ2) is 7.74. The molecule has 1 aromatic carbocycles. The Bertz CT molecular complexity index is 836. The van der Waals surface area contributed by atoms with Gasteiger partial charge in [-0.1, -0.05) is 41.0 Å². The van der Waals surface area contributed by atoms with E-state index >= 15 is 0 Å². The zero-order valence-electron chi connectivity index (χ0n) is 12.2. The van der Waals surface area contributed by atoms with Gasteiger partial charge < -0.3 is 14.2 Å². The van der Waals surface area contributed by atoms with E-state index in [0.717, 1.165) is 17.3 Å². The molecule has 0 radical (unpaired) electrons. The first-order valence-electron chi connectivity index (χ1n) is 6.82. The van der Waals surface area contributed by atoms with Crippen LogP contribution in [0.4, 0.5) is 0 Å². The highest BCUT2D eigenvalue weighted by molar-refractivity contribution is 7.99.